The molecule has 7 nitrogen and oxygen atoms in total. The van der Waals surface area contributed by atoms with Gasteiger partial charge in [0.05, 0.1) is 18.2 Å². The summed E-state index contributed by atoms with van der Waals surface area (Å²) in [5, 5.41) is 11.3. The Bertz CT molecular complexity index is 482. The molecule has 0 spiro atoms. The molecule has 1 aromatic heterocycles. The van der Waals surface area contributed by atoms with E-state index in [0.717, 1.165) is 0 Å². The van der Waals surface area contributed by atoms with Gasteiger partial charge in [-0.2, -0.15) is 0 Å². The number of hydrogen-bond acceptors (Lipinski definition) is 4. The van der Waals surface area contributed by atoms with Crippen LogP contribution in [0.1, 0.15) is 37.0 Å². The highest BCUT2D eigenvalue weighted by atomic mass is 16.4. The minimum absolute atomic E-state index is 0.0820. The van der Waals surface area contributed by atoms with E-state index in [0.29, 0.717) is 5.56 Å². The zero-order valence-electron chi connectivity index (χ0n) is 12.2. The van der Waals surface area contributed by atoms with Gasteiger partial charge in [-0.1, -0.05) is 0 Å². The summed E-state index contributed by atoms with van der Waals surface area (Å²) >= 11 is 0. The number of aliphatic carboxylic acids is 1. The number of carbonyl (C=O) groups excluding carboxylic acids is 2. The third-order valence-electron chi connectivity index (χ3n) is 2.92. The maximum atomic E-state index is 12.0. The molecular formula is C14H20N2O5. The number of carbonyl (C=O) groups is 3. The van der Waals surface area contributed by atoms with E-state index in [4.69, 9.17) is 9.52 Å². The molecule has 0 saturated carbocycles. The van der Waals surface area contributed by atoms with Crippen LogP contribution in [0.3, 0.4) is 0 Å². The molecule has 0 radical (unpaired) electrons. The van der Waals surface area contributed by atoms with Crippen molar-refractivity contribution in [1.82, 2.24) is 10.2 Å². The van der Waals surface area contributed by atoms with Crippen LogP contribution in [0.5, 0.6) is 0 Å². The molecule has 2 amide bonds. The zero-order valence-corrected chi connectivity index (χ0v) is 12.2. The molecular weight excluding hydrogens is 276 g/mol. The van der Waals surface area contributed by atoms with E-state index < -0.39 is 5.97 Å². The van der Waals surface area contributed by atoms with Crippen LogP contribution in [0.15, 0.2) is 23.0 Å². The van der Waals surface area contributed by atoms with Crippen LogP contribution in [-0.4, -0.2) is 46.9 Å². The van der Waals surface area contributed by atoms with Crippen LogP contribution in [0.4, 0.5) is 0 Å². The summed E-state index contributed by atoms with van der Waals surface area (Å²) in [6, 6.07) is 1.45. The van der Waals surface area contributed by atoms with Crippen molar-refractivity contribution < 1.29 is 23.9 Å². The van der Waals surface area contributed by atoms with Crippen molar-refractivity contribution in [3.63, 3.8) is 0 Å². The van der Waals surface area contributed by atoms with Crippen molar-refractivity contribution in [2.75, 3.05) is 13.1 Å². The van der Waals surface area contributed by atoms with Crippen LogP contribution >= 0.6 is 0 Å². The maximum Gasteiger partial charge on any atom is 0.305 e. The molecule has 21 heavy (non-hydrogen) atoms. The van der Waals surface area contributed by atoms with Gasteiger partial charge in [0, 0.05) is 25.6 Å². The molecule has 0 aromatic carbocycles. The minimum Gasteiger partial charge on any atom is -0.481 e. The van der Waals surface area contributed by atoms with Crippen LogP contribution in [0.25, 0.3) is 0 Å². The fourth-order valence-corrected chi connectivity index (χ4v) is 1.81. The minimum atomic E-state index is -0.943. The largest absolute Gasteiger partial charge is 0.481 e. The Hall–Kier alpha value is -2.31. The number of amides is 2. The molecule has 2 N–H and O–H groups in total. The monoisotopic (exact) mass is 296 g/mol. The molecule has 7 heteroatoms. The highest BCUT2D eigenvalue weighted by Crippen LogP contribution is 2.04. The summed E-state index contributed by atoms with van der Waals surface area (Å²) in [6.07, 6.45) is 2.75. The Morgan fingerprint density at radius 3 is 2.57 bits per heavy atom. The summed E-state index contributed by atoms with van der Waals surface area (Å²) < 4.78 is 4.80. The smallest absolute Gasteiger partial charge is 0.305 e. The van der Waals surface area contributed by atoms with Gasteiger partial charge in [0.2, 0.25) is 5.91 Å². The first-order chi connectivity index (χ1) is 9.91. The molecule has 0 saturated heterocycles. The number of nitrogens with zero attached hydrogens (tertiary/aromatic N) is 1. The molecule has 1 rings (SSSR count). The first kappa shape index (κ1) is 16.7. The molecule has 0 aliphatic rings. The Morgan fingerprint density at radius 1 is 1.33 bits per heavy atom. The van der Waals surface area contributed by atoms with Crippen LogP contribution < -0.4 is 5.32 Å². The quantitative estimate of drug-likeness (QED) is 0.748. The van der Waals surface area contributed by atoms with Gasteiger partial charge >= 0.3 is 5.97 Å². The molecule has 1 heterocycles. The first-order valence-corrected chi connectivity index (χ1v) is 6.73. The lowest BCUT2D eigenvalue weighted by molar-refractivity contribution is -0.139. The van der Waals surface area contributed by atoms with Gasteiger partial charge < -0.3 is 19.7 Å². The second-order valence-electron chi connectivity index (χ2n) is 4.84. The van der Waals surface area contributed by atoms with E-state index >= 15 is 0 Å². The molecule has 0 aliphatic carbocycles. The molecule has 0 unspecified atom stereocenters. The van der Waals surface area contributed by atoms with Crippen LogP contribution in [0, 0.1) is 0 Å². The van der Waals surface area contributed by atoms with Gasteiger partial charge in [0.15, 0.2) is 0 Å². The van der Waals surface area contributed by atoms with Gasteiger partial charge in [-0.15, -0.1) is 0 Å². The fraction of sp³-hybridized carbons (Fsp3) is 0.500. The summed E-state index contributed by atoms with van der Waals surface area (Å²) in [5.41, 5.74) is 0.397. The zero-order chi connectivity index (χ0) is 15.8. The third-order valence-corrected chi connectivity index (χ3v) is 2.92. The van der Waals surface area contributed by atoms with E-state index in [9.17, 15) is 14.4 Å². The fourth-order valence-electron chi connectivity index (χ4n) is 1.81. The van der Waals surface area contributed by atoms with Gasteiger partial charge in [0.1, 0.15) is 6.26 Å². The normalized spacial score (nSPS) is 10.4. The Morgan fingerprint density at radius 2 is 2.05 bits per heavy atom. The average Bonchev–Trinajstić information content (AvgIpc) is 2.91. The van der Waals surface area contributed by atoms with E-state index in [1.165, 1.54) is 23.5 Å². The SMILES string of the molecule is CC(C)N(CCC(=O)O)C(=O)CCNC(=O)c1ccoc1. The van der Waals surface area contributed by atoms with Crippen molar-refractivity contribution in [2.24, 2.45) is 0 Å². The topological polar surface area (TPSA) is 99.9 Å². The highest BCUT2D eigenvalue weighted by Gasteiger charge is 2.18. The second kappa shape index (κ2) is 8.08. The van der Waals surface area contributed by atoms with E-state index in [1.54, 1.807) is 0 Å². The van der Waals surface area contributed by atoms with E-state index in [1.807, 2.05) is 13.8 Å². The summed E-state index contributed by atoms with van der Waals surface area (Å²) in [5.74, 6) is -1.43. The Balaban J connectivity index is 2.39. The summed E-state index contributed by atoms with van der Waals surface area (Å²) in [4.78, 5) is 35.7. The Kier molecular flexibility index (Phi) is 6.45. The predicted octanol–water partition coefficient (Wildman–Crippen LogP) is 1.11. The standard InChI is InChI=1S/C14H20N2O5/c1-10(2)16(7-4-13(18)19)12(17)3-6-15-14(20)11-5-8-21-9-11/h5,8-10H,3-4,6-7H2,1-2H3,(H,15,20)(H,18,19). The third kappa shape index (κ3) is 5.68. The van der Waals surface area contributed by atoms with Crippen molar-refractivity contribution >= 4 is 17.8 Å². The number of carboxylic acid groups (broad SMARTS) is 1. The summed E-state index contributed by atoms with van der Waals surface area (Å²) in [6.45, 7) is 4.01. The van der Waals surface area contributed by atoms with Crippen molar-refractivity contribution in [2.45, 2.75) is 32.7 Å². The first-order valence-electron chi connectivity index (χ1n) is 6.73. The average molecular weight is 296 g/mol. The lowest BCUT2D eigenvalue weighted by Crippen LogP contribution is -2.40. The van der Waals surface area contributed by atoms with E-state index in [2.05, 4.69) is 5.32 Å². The van der Waals surface area contributed by atoms with Crippen molar-refractivity contribution in [1.29, 1.82) is 0 Å². The number of rotatable bonds is 8. The molecule has 0 fully saturated rings. The number of nitrogens with one attached hydrogen (secondary N) is 1. The molecule has 0 bridgehead atoms. The van der Waals surface area contributed by atoms with E-state index in [-0.39, 0.29) is 43.8 Å². The second-order valence-corrected chi connectivity index (χ2v) is 4.84. The van der Waals surface area contributed by atoms with Crippen molar-refractivity contribution in [3.05, 3.63) is 24.2 Å². The molecule has 0 atom stereocenters. The predicted molar refractivity (Wildman–Crippen MR) is 74.8 cm³/mol. The number of carboxylic acids is 1. The molecule has 116 valence electrons. The maximum absolute atomic E-state index is 12.0. The summed E-state index contributed by atoms with van der Waals surface area (Å²) in [7, 11) is 0. The van der Waals surface area contributed by atoms with Gasteiger partial charge in [-0.25, -0.2) is 0 Å². The number of hydrogen-bond donors (Lipinski definition) is 2. The lowest BCUT2D eigenvalue weighted by atomic mass is 10.2. The Labute approximate surface area is 122 Å². The van der Waals surface area contributed by atoms with Gasteiger partial charge in [-0.05, 0) is 19.9 Å². The lowest BCUT2D eigenvalue weighted by Gasteiger charge is -2.26. The highest BCUT2D eigenvalue weighted by molar-refractivity contribution is 5.94. The molecule has 1 aromatic rings. The molecule has 0 aliphatic heterocycles. The van der Waals surface area contributed by atoms with Crippen LogP contribution in [-0.2, 0) is 9.59 Å². The van der Waals surface area contributed by atoms with Gasteiger partial charge in [0.25, 0.3) is 5.91 Å². The van der Waals surface area contributed by atoms with Crippen LogP contribution in [0.2, 0.25) is 0 Å². The van der Waals surface area contributed by atoms with Gasteiger partial charge in [-0.3, -0.25) is 14.4 Å². The van der Waals surface area contributed by atoms with Crippen molar-refractivity contribution in [3.8, 4) is 0 Å². The number of furan rings is 1.